The molecule has 0 spiro atoms. The van der Waals surface area contributed by atoms with Crippen LogP contribution in [0.25, 0.3) is 6.08 Å². The average Bonchev–Trinajstić information content (AvgIpc) is 2.94. The summed E-state index contributed by atoms with van der Waals surface area (Å²) in [5, 5.41) is 3.39. The van der Waals surface area contributed by atoms with Crippen LogP contribution in [-0.4, -0.2) is 17.7 Å². The first-order valence-electron chi connectivity index (χ1n) is 7.82. The van der Waals surface area contributed by atoms with Gasteiger partial charge in [0.05, 0.1) is 17.2 Å². The van der Waals surface area contributed by atoms with Crippen molar-refractivity contribution in [1.82, 2.24) is 5.32 Å². The molecule has 0 saturated carbocycles. The third kappa shape index (κ3) is 4.06. The van der Waals surface area contributed by atoms with Gasteiger partial charge in [0, 0.05) is 5.56 Å². The summed E-state index contributed by atoms with van der Waals surface area (Å²) >= 11 is 1.34. The summed E-state index contributed by atoms with van der Waals surface area (Å²) < 4.78 is 5.74. The smallest absolute Gasteiger partial charge is 0.264 e. The maximum Gasteiger partial charge on any atom is 0.264 e. The highest BCUT2D eigenvalue weighted by Gasteiger charge is 2.24. The molecule has 2 aromatic carbocycles. The lowest BCUT2D eigenvalue weighted by molar-refractivity contribution is -0.115. The number of amides is 1. The third-order valence-electron chi connectivity index (χ3n) is 3.31. The minimum absolute atomic E-state index is 0.139. The van der Waals surface area contributed by atoms with Crippen molar-refractivity contribution < 1.29 is 9.53 Å². The van der Waals surface area contributed by atoms with Gasteiger partial charge in [-0.25, -0.2) is 4.99 Å². The topological polar surface area (TPSA) is 50.7 Å². The molecular formula is C19H18N2O2S. The molecule has 1 amide bonds. The lowest BCUT2D eigenvalue weighted by atomic mass is 10.2. The van der Waals surface area contributed by atoms with Crippen LogP contribution >= 0.6 is 11.8 Å². The maximum atomic E-state index is 12.2. The number of carbonyl (C=O) groups excluding carboxylic acids is 1. The Hall–Kier alpha value is -2.53. The zero-order chi connectivity index (χ0) is 16.8. The molecule has 2 aromatic rings. The van der Waals surface area contributed by atoms with Gasteiger partial charge in [-0.05, 0) is 42.5 Å². The molecule has 0 radical (unpaired) electrons. The molecule has 0 bridgehead atoms. The van der Waals surface area contributed by atoms with Crippen molar-refractivity contribution in [3.63, 3.8) is 0 Å². The monoisotopic (exact) mass is 338 g/mol. The standard InChI is InChI=1S/C19H18N2O2S/c1-2-12-23-16-11-7-6-8-14(16)13-17-18(22)21-19(24-17)20-15-9-4-3-5-10-15/h3-11,13H,2,12H2,1H3,(H,20,21,22)/b17-13-. The minimum atomic E-state index is -0.139. The van der Waals surface area contributed by atoms with Crippen LogP contribution in [0.1, 0.15) is 18.9 Å². The van der Waals surface area contributed by atoms with Gasteiger partial charge in [0.15, 0.2) is 5.17 Å². The number of thioether (sulfide) groups is 1. The van der Waals surface area contributed by atoms with Gasteiger partial charge in [-0.1, -0.05) is 43.3 Å². The van der Waals surface area contributed by atoms with Gasteiger partial charge in [-0.2, -0.15) is 0 Å². The molecule has 3 rings (SSSR count). The fraction of sp³-hybridized carbons (Fsp3) is 0.158. The number of ether oxygens (including phenoxy) is 1. The highest BCUT2D eigenvalue weighted by Crippen LogP contribution is 2.30. The lowest BCUT2D eigenvalue weighted by Crippen LogP contribution is -2.19. The first kappa shape index (κ1) is 16.3. The van der Waals surface area contributed by atoms with E-state index < -0.39 is 0 Å². The van der Waals surface area contributed by atoms with Gasteiger partial charge in [0.25, 0.3) is 5.91 Å². The number of carbonyl (C=O) groups is 1. The van der Waals surface area contributed by atoms with Crippen molar-refractivity contribution in [3.05, 3.63) is 65.1 Å². The Kier molecular flexibility index (Phi) is 5.33. The Morgan fingerprint density at radius 1 is 1.12 bits per heavy atom. The fourth-order valence-electron chi connectivity index (χ4n) is 2.18. The lowest BCUT2D eigenvalue weighted by Gasteiger charge is -2.07. The van der Waals surface area contributed by atoms with E-state index in [2.05, 4.69) is 17.2 Å². The predicted octanol–water partition coefficient (Wildman–Crippen LogP) is 4.37. The van der Waals surface area contributed by atoms with E-state index in [9.17, 15) is 4.79 Å². The molecule has 4 nitrogen and oxygen atoms in total. The number of rotatable bonds is 5. The highest BCUT2D eigenvalue weighted by molar-refractivity contribution is 8.18. The number of aliphatic imine (C=N–C) groups is 1. The molecule has 1 aliphatic rings. The fourth-order valence-corrected chi connectivity index (χ4v) is 3.02. The summed E-state index contributed by atoms with van der Waals surface area (Å²) in [6, 6.07) is 17.3. The van der Waals surface area contributed by atoms with Crippen molar-refractivity contribution in [1.29, 1.82) is 0 Å². The van der Waals surface area contributed by atoms with E-state index in [1.807, 2.05) is 60.7 Å². The third-order valence-corrected chi connectivity index (χ3v) is 4.21. The van der Waals surface area contributed by atoms with Crippen molar-refractivity contribution >= 4 is 34.6 Å². The Morgan fingerprint density at radius 3 is 2.67 bits per heavy atom. The molecule has 122 valence electrons. The van der Waals surface area contributed by atoms with E-state index in [4.69, 9.17) is 4.74 Å². The summed E-state index contributed by atoms with van der Waals surface area (Å²) in [7, 11) is 0. The molecule has 5 heteroatoms. The van der Waals surface area contributed by atoms with Crippen LogP contribution in [0.15, 0.2) is 64.5 Å². The largest absolute Gasteiger partial charge is 0.493 e. The second-order valence-electron chi connectivity index (χ2n) is 5.20. The zero-order valence-electron chi connectivity index (χ0n) is 13.4. The molecule has 0 aliphatic carbocycles. The Bertz CT molecular complexity index is 785. The van der Waals surface area contributed by atoms with Crippen molar-refractivity contribution in [2.45, 2.75) is 13.3 Å². The molecule has 1 heterocycles. The Morgan fingerprint density at radius 2 is 1.88 bits per heavy atom. The van der Waals surface area contributed by atoms with Gasteiger partial charge in [0.1, 0.15) is 5.75 Å². The van der Waals surface area contributed by atoms with Crippen LogP contribution in [0.3, 0.4) is 0 Å². The van der Waals surface area contributed by atoms with E-state index in [-0.39, 0.29) is 5.91 Å². The SMILES string of the molecule is CCCOc1ccccc1/C=C1\SC(=Nc2ccccc2)NC1=O. The van der Waals surface area contributed by atoms with Crippen LogP contribution < -0.4 is 10.1 Å². The highest BCUT2D eigenvalue weighted by atomic mass is 32.2. The number of nitrogens with one attached hydrogen (secondary N) is 1. The van der Waals surface area contributed by atoms with E-state index in [1.54, 1.807) is 0 Å². The molecule has 1 aliphatic heterocycles. The number of nitrogens with zero attached hydrogens (tertiary/aromatic N) is 1. The Labute approximate surface area is 145 Å². The second kappa shape index (κ2) is 7.84. The minimum Gasteiger partial charge on any atom is -0.493 e. The Balaban J connectivity index is 1.82. The van der Waals surface area contributed by atoms with Crippen molar-refractivity contribution in [2.24, 2.45) is 4.99 Å². The second-order valence-corrected chi connectivity index (χ2v) is 6.23. The van der Waals surface area contributed by atoms with Gasteiger partial charge in [-0.3, -0.25) is 4.79 Å². The summed E-state index contributed by atoms with van der Waals surface area (Å²) in [6.45, 7) is 2.72. The van der Waals surface area contributed by atoms with Gasteiger partial charge in [0.2, 0.25) is 0 Å². The predicted molar refractivity (Wildman–Crippen MR) is 99.5 cm³/mol. The summed E-state index contributed by atoms with van der Waals surface area (Å²) in [4.78, 5) is 17.2. The molecule has 1 fully saturated rings. The molecule has 1 saturated heterocycles. The molecule has 24 heavy (non-hydrogen) atoms. The van der Waals surface area contributed by atoms with Gasteiger partial charge in [-0.15, -0.1) is 0 Å². The van der Waals surface area contributed by atoms with E-state index >= 15 is 0 Å². The number of hydrogen-bond donors (Lipinski definition) is 1. The molecular weight excluding hydrogens is 320 g/mol. The van der Waals surface area contributed by atoms with Crippen LogP contribution in [-0.2, 0) is 4.79 Å². The summed E-state index contributed by atoms with van der Waals surface area (Å²) in [6.07, 6.45) is 2.78. The quantitative estimate of drug-likeness (QED) is 0.824. The number of para-hydroxylation sites is 2. The molecule has 0 aromatic heterocycles. The van der Waals surface area contributed by atoms with Gasteiger partial charge < -0.3 is 10.1 Å². The van der Waals surface area contributed by atoms with E-state index in [1.165, 1.54) is 11.8 Å². The van der Waals surface area contributed by atoms with Crippen LogP contribution in [0.2, 0.25) is 0 Å². The molecule has 0 unspecified atom stereocenters. The van der Waals surface area contributed by atoms with Crippen LogP contribution in [0.4, 0.5) is 5.69 Å². The maximum absolute atomic E-state index is 12.2. The first-order chi connectivity index (χ1) is 11.8. The molecule has 1 N–H and O–H groups in total. The van der Waals surface area contributed by atoms with E-state index in [0.717, 1.165) is 23.4 Å². The van der Waals surface area contributed by atoms with Crippen molar-refractivity contribution in [2.75, 3.05) is 6.61 Å². The zero-order valence-corrected chi connectivity index (χ0v) is 14.2. The molecule has 0 atom stereocenters. The normalized spacial score (nSPS) is 17.3. The van der Waals surface area contributed by atoms with Crippen LogP contribution in [0, 0.1) is 0 Å². The van der Waals surface area contributed by atoms with Crippen molar-refractivity contribution in [3.8, 4) is 5.75 Å². The van der Waals surface area contributed by atoms with Gasteiger partial charge >= 0.3 is 0 Å². The van der Waals surface area contributed by atoms with Crippen LogP contribution in [0.5, 0.6) is 5.75 Å². The summed E-state index contributed by atoms with van der Waals surface area (Å²) in [5.41, 5.74) is 1.71. The summed E-state index contributed by atoms with van der Waals surface area (Å²) in [5.74, 6) is 0.647. The van der Waals surface area contributed by atoms with E-state index in [0.29, 0.717) is 16.7 Å². The first-order valence-corrected chi connectivity index (χ1v) is 8.64. The number of hydrogen-bond acceptors (Lipinski definition) is 4. The number of benzene rings is 2. The number of amidine groups is 1. The average molecular weight is 338 g/mol.